The molecule has 0 aliphatic heterocycles. The van der Waals surface area contributed by atoms with E-state index in [1.807, 2.05) is 44.2 Å². The molecule has 0 atom stereocenters. The Morgan fingerprint density at radius 2 is 1.91 bits per heavy atom. The molecule has 6 nitrogen and oxygen atoms in total. The molecule has 6 heteroatoms. The Morgan fingerprint density at radius 3 is 2.55 bits per heavy atom. The SMILES string of the molecule is CCCN(CC(=O)Nc1cc(C(C)(C)C)nn1-c1cccc(C)c1)C(=O)CCC1CCCC1. The number of nitrogens with zero attached hydrogens (tertiary/aromatic N) is 3. The number of amides is 2. The zero-order chi connectivity index (χ0) is 24.0. The highest BCUT2D eigenvalue weighted by molar-refractivity contribution is 5.94. The van der Waals surface area contributed by atoms with E-state index in [-0.39, 0.29) is 23.8 Å². The second-order valence-corrected chi connectivity index (χ2v) is 10.5. The van der Waals surface area contributed by atoms with E-state index < -0.39 is 0 Å². The maximum atomic E-state index is 13.0. The first-order valence-corrected chi connectivity index (χ1v) is 12.4. The van der Waals surface area contributed by atoms with Gasteiger partial charge >= 0.3 is 0 Å². The topological polar surface area (TPSA) is 67.2 Å². The lowest BCUT2D eigenvalue weighted by Gasteiger charge is -2.22. The highest BCUT2D eigenvalue weighted by Gasteiger charge is 2.24. The lowest BCUT2D eigenvalue weighted by atomic mass is 9.92. The van der Waals surface area contributed by atoms with Crippen LogP contribution < -0.4 is 5.32 Å². The Labute approximate surface area is 198 Å². The van der Waals surface area contributed by atoms with Crippen LogP contribution in [-0.2, 0) is 15.0 Å². The lowest BCUT2D eigenvalue weighted by Crippen LogP contribution is -2.38. The van der Waals surface area contributed by atoms with E-state index in [2.05, 4.69) is 26.1 Å². The van der Waals surface area contributed by atoms with Crippen LogP contribution in [0, 0.1) is 12.8 Å². The van der Waals surface area contributed by atoms with Crippen molar-refractivity contribution in [2.45, 2.75) is 85.0 Å². The molecule has 1 aromatic carbocycles. The van der Waals surface area contributed by atoms with E-state index in [4.69, 9.17) is 5.10 Å². The van der Waals surface area contributed by atoms with Crippen LogP contribution >= 0.6 is 0 Å². The molecular weight excluding hydrogens is 412 g/mol. The fraction of sp³-hybridized carbons (Fsp3) is 0.593. The van der Waals surface area contributed by atoms with Crippen LogP contribution in [0.3, 0.4) is 0 Å². The highest BCUT2D eigenvalue weighted by Crippen LogP contribution is 2.29. The van der Waals surface area contributed by atoms with E-state index in [0.29, 0.717) is 24.7 Å². The van der Waals surface area contributed by atoms with Gasteiger partial charge in [0.05, 0.1) is 17.9 Å². The first kappa shape index (κ1) is 25.0. The summed E-state index contributed by atoms with van der Waals surface area (Å²) < 4.78 is 1.79. The summed E-state index contributed by atoms with van der Waals surface area (Å²) in [5.74, 6) is 1.20. The Hall–Kier alpha value is -2.63. The second-order valence-electron chi connectivity index (χ2n) is 10.5. The normalized spacial score (nSPS) is 14.5. The number of carbonyl (C=O) groups is 2. The molecule has 1 aromatic heterocycles. The van der Waals surface area contributed by atoms with Gasteiger partial charge in [-0.3, -0.25) is 9.59 Å². The fourth-order valence-corrected chi connectivity index (χ4v) is 4.50. The van der Waals surface area contributed by atoms with Crippen LogP contribution in [-0.4, -0.2) is 39.6 Å². The zero-order valence-electron chi connectivity index (χ0n) is 21.0. The number of aryl methyl sites for hydroxylation is 1. The molecule has 0 unspecified atom stereocenters. The molecular formula is C27H40N4O2. The number of hydrogen-bond acceptors (Lipinski definition) is 3. The number of hydrogen-bond donors (Lipinski definition) is 1. The summed E-state index contributed by atoms with van der Waals surface area (Å²) in [6, 6.07) is 9.99. The molecule has 1 heterocycles. The Bertz CT molecular complexity index is 951. The second kappa shape index (κ2) is 11.0. The summed E-state index contributed by atoms with van der Waals surface area (Å²) in [7, 11) is 0. The van der Waals surface area contributed by atoms with Crippen LogP contribution in [0.1, 0.15) is 83.9 Å². The van der Waals surface area contributed by atoms with E-state index in [1.165, 1.54) is 25.7 Å². The molecule has 33 heavy (non-hydrogen) atoms. The van der Waals surface area contributed by atoms with Gasteiger partial charge in [-0.05, 0) is 43.4 Å². The quantitative estimate of drug-likeness (QED) is 0.536. The molecule has 2 amide bonds. The number of aromatic nitrogens is 2. The zero-order valence-corrected chi connectivity index (χ0v) is 21.0. The van der Waals surface area contributed by atoms with Crippen molar-refractivity contribution in [2.24, 2.45) is 5.92 Å². The maximum absolute atomic E-state index is 13.0. The van der Waals surface area contributed by atoms with Crippen molar-refractivity contribution in [3.63, 3.8) is 0 Å². The van der Waals surface area contributed by atoms with Crippen LogP contribution in [0.2, 0.25) is 0 Å². The third-order valence-corrected chi connectivity index (χ3v) is 6.41. The average Bonchev–Trinajstić information content (AvgIpc) is 3.41. The van der Waals surface area contributed by atoms with Crippen molar-refractivity contribution in [3.8, 4) is 5.69 Å². The minimum absolute atomic E-state index is 0.0706. The van der Waals surface area contributed by atoms with Gasteiger partial charge in [0.25, 0.3) is 0 Å². The first-order valence-electron chi connectivity index (χ1n) is 12.4. The Kier molecular flexibility index (Phi) is 8.33. The minimum Gasteiger partial charge on any atom is -0.333 e. The molecule has 0 saturated heterocycles. The molecule has 0 radical (unpaired) electrons. The molecule has 1 aliphatic rings. The summed E-state index contributed by atoms with van der Waals surface area (Å²) in [5, 5.41) is 7.82. The smallest absolute Gasteiger partial charge is 0.245 e. The third-order valence-electron chi connectivity index (χ3n) is 6.41. The predicted molar refractivity (Wildman–Crippen MR) is 134 cm³/mol. The Morgan fingerprint density at radius 1 is 1.18 bits per heavy atom. The number of rotatable bonds is 9. The Balaban J connectivity index is 1.73. The van der Waals surface area contributed by atoms with Crippen LogP contribution in [0.25, 0.3) is 5.69 Å². The number of anilines is 1. The number of carbonyl (C=O) groups excluding carboxylic acids is 2. The highest BCUT2D eigenvalue weighted by atomic mass is 16.2. The van der Waals surface area contributed by atoms with Gasteiger partial charge in [0.1, 0.15) is 5.82 Å². The summed E-state index contributed by atoms with van der Waals surface area (Å²) in [6.45, 7) is 11.1. The lowest BCUT2D eigenvalue weighted by molar-refractivity contribution is -0.135. The first-order chi connectivity index (χ1) is 15.7. The predicted octanol–water partition coefficient (Wildman–Crippen LogP) is 5.63. The summed E-state index contributed by atoms with van der Waals surface area (Å²) in [4.78, 5) is 27.6. The van der Waals surface area contributed by atoms with Gasteiger partial charge in [-0.1, -0.05) is 65.5 Å². The minimum atomic E-state index is -0.188. The molecule has 0 bridgehead atoms. The van der Waals surface area contributed by atoms with Crippen molar-refractivity contribution < 1.29 is 9.59 Å². The molecule has 0 spiro atoms. The van der Waals surface area contributed by atoms with Crippen molar-refractivity contribution in [3.05, 3.63) is 41.6 Å². The maximum Gasteiger partial charge on any atom is 0.245 e. The summed E-state index contributed by atoms with van der Waals surface area (Å²) in [5.41, 5.74) is 2.77. The van der Waals surface area contributed by atoms with E-state index in [1.54, 1.807) is 9.58 Å². The molecule has 1 saturated carbocycles. The van der Waals surface area contributed by atoms with Crippen molar-refractivity contribution in [1.29, 1.82) is 0 Å². The van der Waals surface area contributed by atoms with Gasteiger partial charge < -0.3 is 10.2 Å². The van der Waals surface area contributed by atoms with Crippen molar-refractivity contribution in [1.82, 2.24) is 14.7 Å². The summed E-state index contributed by atoms with van der Waals surface area (Å²) in [6.07, 6.45) is 7.35. The number of nitrogens with one attached hydrogen (secondary N) is 1. The van der Waals surface area contributed by atoms with Crippen molar-refractivity contribution in [2.75, 3.05) is 18.4 Å². The molecule has 3 rings (SSSR count). The van der Waals surface area contributed by atoms with Gasteiger partial charge in [-0.25, -0.2) is 4.68 Å². The van der Waals surface area contributed by atoms with Gasteiger partial charge in [-0.2, -0.15) is 5.10 Å². The van der Waals surface area contributed by atoms with E-state index in [0.717, 1.165) is 29.8 Å². The van der Waals surface area contributed by atoms with Gasteiger partial charge in [0, 0.05) is 24.4 Å². The molecule has 180 valence electrons. The molecule has 1 fully saturated rings. The van der Waals surface area contributed by atoms with Crippen LogP contribution in [0.5, 0.6) is 0 Å². The standard InChI is InChI=1S/C27H40N4O2/c1-6-16-30(26(33)15-14-21-11-7-8-12-21)19-25(32)28-24-18-23(27(3,4)5)29-31(24)22-13-9-10-20(2)17-22/h9-10,13,17-18,21H,6-8,11-12,14-16,19H2,1-5H3,(H,28,32). The van der Waals surface area contributed by atoms with E-state index in [9.17, 15) is 9.59 Å². The van der Waals surface area contributed by atoms with Gasteiger partial charge in [-0.15, -0.1) is 0 Å². The fourth-order valence-electron chi connectivity index (χ4n) is 4.50. The average molecular weight is 453 g/mol. The molecule has 1 aliphatic carbocycles. The molecule has 2 aromatic rings. The monoisotopic (exact) mass is 452 g/mol. The van der Waals surface area contributed by atoms with Gasteiger partial charge in [0.2, 0.25) is 11.8 Å². The third kappa shape index (κ3) is 6.92. The molecule has 1 N–H and O–H groups in total. The summed E-state index contributed by atoms with van der Waals surface area (Å²) >= 11 is 0. The van der Waals surface area contributed by atoms with Gasteiger partial charge in [0.15, 0.2) is 0 Å². The van der Waals surface area contributed by atoms with Crippen LogP contribution in [0.15, 0.2) is 30.3 Å². The number of benzene rings is 1. The van der Waals surface area contributed by atoms with E-state index >= 15 is 0 Å². The van der Waals surface area contributed by atoms with Crippen LogP contribution in [0.4, 0.5) is 5.82 Å². The largest absolute Gasteiger partial charge is 0.333 e. The van der Waals surface area contributed by atoms with Crippen molar-refractivity contribution >= 4 is 17.6 Å².